The van der Waals surface area contributed by atoms with Crippen LogP contribution in [0, 0.1) is 5.82 Å². The third-order valence-electron chi connectivity index (χ3n) is 5.02. The van der Waals surface area contributed by atoms with Gasteiger partial charge in [-0.15, -0.1) is 11.8 Å². The summed E-state index contributed by atoms with van der Waals surface area (Å²) in [5.41, 5.74) is 1.64. The van der Waals surface area contributed by atoms with E-state index in [0.717, 1.165) is 16.5 Å². The Morgan fingerprint density at radius 2 is 1.66 bits per heavy atom. The fraction of sp³-hybridized carbons (Fsp3) is 0.0833. The van der Waals surface area contributed by atoms with E-state index in [9.17, 15) is 9.59 Å². The molecule has 1 unspecified atom stereocenters. The normalized spacial score (nSPS) is 18.7. The van der Waals surface area contributed by atoms with Crippen LogP contribution < -0.4 is 0 Å². The molecule has 0 bridgehead atoms. The zero-order chi connectivity index (χ0) is 20.4. The van der Waals surface area contributed by atoms with Gasteiger partial charge in [0.1, 0.15) is 5.82 Å². The number of carbonyl (C=O) groups is 2. The molecule has 144 valence electrons. The van der Waals surface area contributed by atoms with Crippen molar-refractivity contribution in [3.63, 3.8) is 0 Å². The smallest absolute Gasteiger partial charge is 0.261 e. The standard InChI is InChI=1S/C24H18FNO2S/c1-2-22(27)26-16-24(17-10-4-3-5-11-17,19-13-7-8-14-20(19)25)29-21-15-9-6-12-18(21)23(26)28/h2-15H,1,16H2. The third-order valence-corrected chi connectivity index (χ3v) is 6.53. The number of nitrogens with zero attached hydrogens (tertiary/aromatic N) is 1. The average molecular weight is 403 g/mol. The van der Waals surface area contributed by atoms with E-state index in [1.54, 1.807) is 30.3 Å². The van der Waals surface area contributed by atoms with Crippen LogP contribution in [0.4, 0.5) is 4.39 Å². The highest BCUT2D eigenvalue weighted by Crippen LogP contribution is 2.50. The number of rotatable bonds is 3. The lowest BCUT2D eigenvalue weighted by Gasteiger charge is -2.36. The first-order valence-electron chi connectivity index (χ1n) is 9.13. The van der Waals surface area contributed by atoms with Crippen molar-refractivity contribution in [2.45, 2.75) is 9.64 Å². The predicted octanol–water partition coefficient (Wildman–Crippen LogP) is 5.03. The monoisotopic (exact) mass is 403 g/mol. The van der Waals surface area contributed by atoms with Crippen LogP contribution in [0.5, 0.6) is 0 Å². The summed E-state index contributed by atoms with van der Waals surface area (Å²) in [6.45, 7) is 3.53. The Hall–Kier alpha value is -3.18. The van der Waals surface area contributed by atoms with Gasteiger partial charge in [-0.3, -0.25) is 14.5 Å². The van der Waals surface area contributed by atoms with Gasteiger partial charge in [-0.05, 0) is 29.8 Å². The molecule has 1 heterocycles. The van der Waals surface area contributed by atoms with Crippen LogP contribution in [0.25, 0.3) is 0 Å². The predicted molar refractivity (Wildman–Crippen MR) is 112 cm³/mol. The van der Waals surface area contributed by atoms with Gasteiger partial charge in [-0.2, -0.15) is 0 Å². The second-order valence-electron chi connectivity index (χ2n) is 6.70. The quantitative estimate of drug-likeness (QED) is 0.576. The molecule has 5 heteroatoms. The maximum atomic E-state index is 15.1. The Morgan fingerprint density at radius 3 is 2.38 bits per heavy atom. The van der Waals surface area contributed by atoms with Gasteiger partial charge in [-0.25, -0.2) is 4.39 Å². The number of halogens is 1. The van der Waals surface area contributed by atoms with Gasteiger partial charge in [0, 0.05) is 10.5 Å². The maximum Gasteiger partial charge on any atom is 0.261 e. The van der Waals surface area contributed by atoms with Crippen LogP contribution in [0.1, 0.15) is 21.5 Å². The lowest BCUT2D eigenvalue weighted by molar-refractivity contribution is -0.123. The van der Waals surface area contributed by atoms with E-state index in [1.165, 1.54) is 17.8 Å². The molecular formula is C24H18FNO2S. The van der Waals surface area contributed by atoms with E-state index in [4.69, 9.17) is 0 Å². The molecular weight excluding hydrogens is 385 g/mol. The Balaban J connectivity index is 2.04. The van der Waals surface area contributed by atoms with Crippen molar-refractivity contribution >= 4 is 23.6 Å². The molecule has 0 saturated carbocycles. The summed E-state index contributed by atoms with van der Waals surface area (Å²) in [6.07, 6.45) is 1.12. The van der Waals surface area contributed by atoms with Crippen molar-refractivity contribution in [1.82, 2.24) is 4.90 Å². The van der Waals surface area contributed by atoms with Gasteiger partial charge in [0.15, 0.2) is 0 Å². The van der Waals surface area contributed by atoms with Crippen molar-refractivity contribution in [3.05, 3.63) is 114 Å². The largest absolute Gasteiger partial charge is 0.273 e. The van der Waals surface area contributed by atoms with Crippen LogP contribution in [-0.2, 0) is 9.54 Å². The first-order chi connectivity index (χ1) is 14.1. The Bertz CT molecular complexity index is 1100. The molecule has 0 aromatic heterocycles. The molecule has 2 amide bonds. The van der Waals surface area contributed by atoms with Crippen LogP contribution >= 0.6 is 11.8 Å². The van der Waals surface area contributed by atoms with Gasteiger partial charge in [0.2, 0.25) is 0 Å². The Morgan fingerprint density at radius 1 is 1.00 bits per heavy atom. The number of amides is 2. The molecule has 3 aromatic carbocycles. The minimum Gasteiger partial charge on any atom is -0.273 e. The summed E-state index contributed by atoms with van der Waals surface area (Å²) in [7, 11) is 0. The number of carbonyl (C=O) groups excluding carboxylic acids is 2. The highest BCUT2D eigenvalue weighted by Gasteiger charge is 2.45. The molecule has 4 rings (SSSR count). The van der Waals surface area contributed by atoms with Crippen LogP contribution in [0.2, 0.25) is 0 Å². The molecule has 1 atom stereocenters. The van der Waals surface area contributed by atoms with E-state index < -0.39 is 16.6 Å². The molecule has 3 nitrogen and oxygen atoms in total. The summed E-state index contributed by atoms with van der Waals surface area (Å²) in [5.74, 6) is -1.31. The van der Waals surface area contributed by atoms with E-state index in [2.05, 4.69) is 6.58 Å². The Kier molecular flexibility index (Phi) is 5.07. The first-order valence-corrected chi connectivity index (χ1v) is 9.95. The molecule has 0 radical (unpaired) electrons. The summed E-state index contributed by atoms with van der Waals surface area (Å²) in [4.78, 5) is 27.7. The number of benzene rings is 3. The number of fused-ring (bicyclic) bond motifs is 1. The summed E-state index contributed by atoms with van der Waals surface area (Å²) in [5, 5.41) is 0. The fourth-order valence-electron chi connectivity index (χ4n) is 3.62. The minimum atomic E-state index is -1.01. The SMILES string of the molecule is C=CC(=O)N1CC(c2ccccc2)(c2ccccc2F)Sc2ccccc2C1=O. The summed E-state index contributed by atoms with van der Waals surface area (Å²) < 4.78 is 14.1. The highest BCUT2D eigenvalue weighted by atomic mass is 32.2. The van der Waals surface area contributed by atoms with Crippen LogP contribution in [0.15, 0.2) is 96.4 Å². The van der Waals surface area contributed by atoms with E-state index in [0.29, 0.717) is 16.0 Å². The highest BCUT2D eigenvalue weighted by molar-refractivity contribution is 8.00. The van der Waals surface area contributed by atoms with Crippen molar-refractivity contribution in [2.75, 3.05) is 6.54 Å². The molecule has 0 aliphatic carbocycles. The Labute approximate surface area is 172 Å². The van der Waals surface area contributed by atoms with Gasteiger partial charge in [0.05, 0.1) is 16.9 Å². The van der Waals surface area contributed by atoms with Crippen molar-refractivity contribution in [3.8, 4) is 0 Å². The first kappa shape index (κ1) is 19.2. The third kappa shape index (κ3) is 3.28. The van der Waals surface area contributed by atoms with Crippen molar-refractivity contribution < 1.29 is 14.0 Å². The van der Waals surface area contributed by atoms with E-state index in [1.807, 2.05) is 42.5 Å². The van der Waals surface area contributed by atoms with Crippen molar-refractivity contribution in [2.24, 2.45) is 0 Å². The van der Waals surface area contributed by atoms with Gasteiger partial charge in [0.25, 0.3) is 11.8 Å². The number of imide groups is 1. The molecule has 1 aliphatic rings. The van der Waals surface area contributed by atoms with Gasteiger partial charge >= 0.3 is 0 Å². The average Bonchev–Trinajstić information content (AvgIpc) is 2.90. The number of hydrogen-bond donors (Lipinski definition) is 0. The van der Waals surface area contributed by atoms with E-state index >= 15 is 4.39 Å². The minimum absolute atomic E-state index is 0.0129. The molecule has 0 saturated heterocycles. The summed E-state index contributed by atoms with van der Waals surface area (Å²) >= 11 is 1.39. The number of thioether (sulfide) groups is 1. The topological polar surface area (TPSA) is 37.4 Å². The van der Waals surface area contributed by atoms with E-state index in [-0.39, 0.29) is 12.4 Å². The van der Waals surface area contributed by atoms with Gasteiger partial charge in [-0.1, -0.05) is 67.2 Å². The van der Waals surface area contributed by atoms with Gasteiger partial charge < -0.3 is 0 Å². The number of hydrogen-bond acceptors (Lipinski definition) is 3. The van der Waals surface area contributed by atoms with Crippen molar-refractivity contribution in [1.29, 1.82) is 0 Å². The fourth-order valence-corrected chi connectivity index (χ4v) is 5.13. The molecule has 1 aliphatic heterocycles. The molecule has 29 heavy (non-hydrogen) atoms. The molecule has 0 fully saturated rings. The zero-order valence-electron chi connectivity index (χ0n) is 15.5. The second kappa shape index (κ2) is 7.68. The summed E-state index contributed by atoms with van der Waals surface area (Å²) in [6, 6.07) is 23.0. The maximum absolute atomic E-state index is 15.1. The van der Waals surface area contributed by atoms with Crippen LogP contribution in [-0.4, -0.2) is 23.3 Å². The zero-order valence-corrected chi connectivity index (χ0v) is 16.4. The molecule has 0 spiro atoms. The second-order valence-corrected chi connectivity index (χ2v) is 8.05. The van der Waals surface area contributed by atoms with Crippen LogP contribution in [0.3, 0.4) is 0 Å². The molecule has 3 aromatic rings. The lowest BCUT2D eigenvalue weighted by Crippen LogP contribution is -2.44. The molecule has 0 N–H and O–H groups in total. The lowest BCUT2D eigenvalue weighted by atomic mass is 9.89.